The summed E-state index contributed by atoms with van der Waals surface area (Å²) in [5, 5.41) is 12.9. The van der Waals surface area contributed by atoms with Gasteiger partial charge in [0.15, 0.2) is 5.69 Å². The number of aryl methyl sites for hydroxylation is 1. The summed E-state index contributed by atoms with van der Waals surface area (Å²) in [5.41, 5.74) is 1.50. The van der Waals surface area contributed by atoms with Crippen molar-refractivity contribution in [3.8, 4) is 16.9 Å². The van der Waals surface area contributed by atoms with E-state index in [-0.39, 0.29) is 35.6 Å². The first-order valence-electron chi connectivity index (χ1n) is 11.5. The number of methoxy groups -OCH3 is 1. The van der Waals surface area contributed by atoms with E-state index in [0.29, 0.717) is 24.5 Å². The number of carboxylic acids is 1. The number of amides is 1. The van der Waals surface area contributed by atoms with E-state index in [2.05, 4.69) is 10.1 Å². The molecule has 0 spiro atoms. The Balaban J connectivity index is 1.57. The maximum Gasteiger partial charge on any atom is 0.409 e. The summed E-state index contributed by atoms with van der Waals surface area (Å²) in [6.07, 6.45) is 2.40. The van der Waals surface area contributed by atoms with E-state index < -0.39 is 29.8 Å². The van der Waals surface area contributed by atoms with Gasteiger partial charge in [-0.3, -0.25) is 0 Å². The van der Waals surface area contributed by atoms with E-state index in [4.69, 9.17) is 14.6 Å². The Morgan fingerprint density at radius 1 is 1.19 bits per heavy atom. The first kappa shape index (κ1) is 24.4. The summed E-state index contributed by atoms with van der Waals surface area (Å²) < 4.78 is 44.5. The highest BCUT2D eigenvalue weighted by Gasteiger charge is 2.29. The van der Waals surface area contributed by atoms with Crippen LogP contribution in [0.3, 0.4) is 0 Å². The Morgan fingerprint density at radius 2 is 1.95 bits per heavy atom. The molecule has 1 N–H and O–H groups in total. The van der Waals surface area contributed by atoms with Crippen LogP contribution in [0.2, 0.25) is 0 Å². The normalized spacial score (nSPS) is 15.8. The molecule has 1 saturated heterocycles. The molecule has 1 aliphatic rings. The molecule has 37 heavy (non-hydrogen) atoms. The van der Waals surface area contributed by atoms with Crippen LogP contribution in [-0.2, 0) is 15.9 Å². The Morgan fingerprint density at radius 3 is 2.62 bits per heavy atom. The number of pyridine rings is 1. The van der Waals surface area contributed by atoms with Crippen molar-refractivity contribution in [1.82, 2.24) is 24.1 Å². The molecule has 3 aromatic heterocycles. The van der Waals surface area contributed by atoms with Crippen molar-refractivity contribution in [1.29, 1.82) is 0 Å². The number of ether oxygens (including phenoxy) is 2. The van der Waals surface area contributed by atoms with Crippen LogP contribution in [0.1, 0.15) is 21.7 Å². The zero-order chi connectivity index (χ0) is 26.3. The quantitative estimate of drug-likeness (QED) is 0.437. The van der Waals surface area contributed by atoms with E-state index in [1.165, 1.54) is 24.3 Å². The number of halogens is 2. The highest BCUT2D eigenvalue weighted by atomic mass is 19.1. The molecule has 4 aromatic rings. The van der Waals surface area contributed by atoms with Crippen molar-refractivity contribution >= 4 is 17.7 Å². The molecular formula is C25H23F2N5O5. The predicted molar refractivity (Wildman–Crippen MR) is 127 cm³/mol. The standard InChI is InChI=1S/C25H23F2N5O5/c1-14-3-5-31-20(12-16-13-30(7-8-37-16)25(35)36-2)23(28-21(31)9-14)22-17(26)10-15(11-18(22)27)32-6-4-19(29-32)24(33)34/h3-6,9-11,16H,7-8,12-13H2,1-2H3,(H,33,34)/t16-/m0/s1. The molecule has 4 heterocycles. The molecule has 0 bridgehead atoms. The third-order valence-electron chi connectivity index (χ3n) is 6.21. The molecule has 10 nitrogen and oxygen atoms in total. The number of carbonyl (C=O) groups is 2. The van der Waals surface area contributed by atoms with Gasteiger partial charge >= 0.3 is 12.1 Å². The van der Waals surface area contributed by atoms with Crippen molar-refractivity contribution < 1.29 is 33.0 Å². The summed E-state index contributed by atoms with van der Waals surface area (Å²) in [6, 6.07) is 7.05. The van der Waals surface area contributed by atoms with Gasteiger partial charge in [0.25, 0.3) is 0 Å². The first-order valence-corrected chi connectivity index (χ1v) is 11.5. The third kappa shape index (κ3) is 4.62. The molecule has 1 amide bonds. The average molecular weight is 511 g/mol. The number of nitrogens with zero attached hydrogens (tertiary/aromatic N) is 5. The molecule has 12 heteroatoms. The van der Waals surface area contributed by atoms with Gasteiger partial charge in [0, 0.05) is 37.5 Å². The minimum atomic E-state index is -1.25. The molecule has 5 rings (SSSR count). The number of hydrogen-bond acceptors (Lipinski definition) is 6. The van der Waals surface area contributed by atoms with E-state index in [0.717, 1.165) is 22.4 Å². The second kappa shape index (κ2) is 9.62. The highest BCUT2D eigenvalue weighted by molar-refractivity contribution is 5.85. The Kier molecular flexibility index (Phi) is 6.34. The lowest BCUT2D eigenvalue weighted by molar-refractivity contribution is -0.0241. The van der Waals surface area contributed by atoms with Gasteiger partial charge in [-0.25, -0.2) is 28.0 Å². The molecule has 0 saturated carbocycles. The zero-order valence-corrected chi connectivity index (χ0v) is 20.0. The molecule has 1 aromatic carbocycles. The molecule has 192 valence electrons. The highest BCUT2D eigenvalue weighted by Crippen LogP contribution is 2.32. The second-order valence-electron chi connectivity index (χ2n) is 8.69. The summed E-state index contributed by atoms with van der Waals surface area (Å²) in [6.45, 7) is 2.81. The van der Waals surface area contributed by atoms with Crippen LogP contribution < -0.4 is 0 Å². The minimum Gasteiger partial charge on any atom is -0.476 e. The molecule has 1 atom stereocenters. The van der Waals surface area contributed by atoms with Gasteiger partial charge < -0.3 is 23.9 Å². The Hall–Kier alpha value is -4.32. The largest absolute Gasteiger partial charge is 0.476 e. The summed E-state index contributed by atoms with van der Waals surface area (Å²) in [7, 11) is 1.30. The summed E-state index contributed by atoms with van der Waals surface area (Å²) >= 11 is 0. The van der Waals surface area contributed by atoms with Crippen molar-refractivity contribution in [2.75, 3.05) is 26.8 Å². The summed E-state index contributed by atoms with van der Waals surface area (Å²) in [4.78, 5) is 29.2. The van der Waals surface area contributed by atoms with Crippen molar-refractivity contribution in [2.45, 2.75) is 19.4 Å². The van der Waals surface area contributed by atoms with E-state index >= 15 is 8.78 Å². The topological polar surface area (TPSA) is 111 Å². The van der Waals surface area contributed by atoms with Crippen LogP contribution in [0, 0.1) is 18.6 Å². The van der Waals surface area contributed by atoms with Gasteiger partial charge in [0.1, 0.15) is 17.3 Å². The van der Waals surface area contributed by atoms with Gasteiger partial charge in [-0.15, -0.1) is 0 Å². The number of aromatic carboxylic acids is 1. The second-order valence-corrected chi connectivity index (χ2v) is 8.69. The van der Waals surface area contributed by atoms with Crippen LogP contribution in [0.15, 0.2) is 42.7 Å². The summed E-state index contributed by atoms with van der Waals surface area (Å²) in [5.74, 6) is -3.02. The lowest BCUT2D eigenvalue weighted by atomic mass is 10.0. The lowest BCUT2D eigenvalue weighted by Crippen LogP contribution is -2.46. The van der Waals surface area contributed by atoms with Crippen LogP contribution in [0.5, 0.6) is 0 Å². The minimum absolute atomic E-state index is 0.0248. The molecule has 1 fully saturated rings. The van der Waals surface area contributed by atoms with Gasteiger partial charge in [-0.05, 0) is 30.7 Å². The molecule has 0 radical (unpaired) electrons. The van der Waals surface area contributed by atoms with Crippen molar-refractivity contribution in [3.05, 3.63) is 71.3 Å². The predicted octanol–water partition coefficient (Wildman–Crippen LogP) is 3.48. The number of rotatable bonds is 5. The third-order valence-corrected chi connectivity index (χ3v) is 6.21. The fourth-order valence-corrected chi connectivity index (χ4v) is 4.45. The van der Waals surface area contributed by atoms with E-state index in [1.807, 2.05) is 13.0 Å². The fourth-order valence-electron chi connectivity index (χ4n) is 4.45. The number of fused-ring (bicyclic) bond motifs is 1. The van der Waals surface area contributed by atoms with Gasteiger partial charge in [0.2, 0.25) is 0 Å². The van der Waals surface area contributed by atoms with Crippen LogP contribution >= 0.6 is 0 Å². The lowest BCUT2D eigenvalue weighted by Gasteiger charge is -2.32. The van der Waals surface area contributed by atoms with Crippen molar-refractivity contribution in [3.63, 3.8) is 0 Å². The van der Waals surface area contributed by atoms with Crippen molar-refractivity contribution in [2.24, 2.45) is 0 Å². The number of morpholine rings is 1. The van der Waals surface area contributed by atoms with E-state index in [9.17, 15) is 9.59 Å². The SMILES string of the molecule is COC(=O)N1CCO[C@@H](Cc2c(-c3c(F)cc(-n4ccc(C(=O)O)n4)cc3F)nc3cc(C)ccn23)C1. The molecular weight excluding hydrogens is 488 g/mol. The van der Waals surface area contributed by atoms with Gasteiger partial charge in [0.05, 0.1) is 49.0 Å². The molecule has 0 aliphatic carbocycles. The maximum absolute atomic E-state index is 15.5. The van der Waals surface area contributed by atoms with Gasteiger partial charge in [-0.1, -0.05) is 0 Å². The monoisotopic (exact) mass is 511 g/mol. The number of carbonyl (C=O) groups excluding carboxylic acids is 1. The maximum atomic E-state index is 15.5. The van der Waals surface area contributed by atoms with Crippen LogP contribution in [0.25, 0.3) is 22.6 Å². The number of carboxylic acid groups (broad SMARTS) is 1. The number of aromatic nitrogens is 4. The first-order chi connectivity index (χ1) is 17.7. The number of imidazole rings is 1. The Labute approximate surface area is 209 Å². The van der Waals surface area contributed by atoms with Gasteiger partial charge in [-0.2, -0.15) is 5.10 Å². The number of benzene rings is 1. The number of hydrogen-bond donors (Lipinski definition) is 1. The van der Waals surface area contributed by atoms with Crippen LogP contribution in [-0.4, -0.2) is 74.1 Å². The smallest absolute Gasteiger partial charge is 0.409 e. The van der Waals surface area contributed by atoms with Crippen LogP contribution in [0.4, 0.5) is 13.6 Å². The zero-order valence-electron chi connectivity index (χ0n) is 20.0. The fraction of sp³-hybridized carbons (Fsp3) is 0.280. The molecule has 1 aliphatic heterocycles. The Bertz CT molecular complexity index is 1490. The molecule has 0 unspecified atom stereocenters. The average Bonchev–Trinajstić information content (AvgIpc) is 3.49. The van der Waals surface area contributed by atoms with E-state index in [1.54, 1.807) is 16.7 Å².